The molecule has 0 spiro atoms. The number of amides is 1. The van der Waals surface area contributed by atoms with Gasteiger partial charge in [0.2, 0.25) is 5.91 Å². The minimum absolute atomic E-state index is 0.0459. The summed E-state index contributed by atoms with van der Waals surface area (Å²) in [6.07, 6.45) is 0.762. The Labute approximate surface area is 227 Å². The molecule has 1 N–H and O–H groups in total. The fraction of sp³-hybridized carbons (Fsp3) is 0.258. The third kappa shape index (κ3) is 6.86. The molecular weight excluding hydrogens is 496 g/mol. The highest BCUT2D eigenvalue weighted by Crippen LogP contribution is 2.33. The SMILES string of the molecule is CCOc1ccc(C(=O)C(C)CC(=O)Nc2nc(-c3ccccc3)c(Cc3ccccc3)s2)cc1OCC. The van der Waals surface area contributed by atoms with E-state index in [1.807, 2.05) is 62.4 Å². The first-order valence-corrected chi connectivity index (χ1v) is 13.6. The summed E-state index contributed by atoms with van der Waals surface area (Å²) in [6, 6.07) is 25.3. The van der Waals surface area contributed by atoms with Crippen LogP contribution < -0.4 is 14.8 Å². The smallest absolute Gasteiger partial charge is 0.226 e. The van der Waals surface area contributed by atoms with E-state index in [4.69, 9.17) is 14.5 Å². The predicted octanol–water partition coefficient (Wildman–Crippen LogP) is 7.05. The van der Waals surface area contributed by atoms with Crippen molar-refractivity contribution in [1.82, 2.24) is 4.98 Å². The maximum absolute atomic E-state index is 13.1. The van der Waals surface area contributed by atoms with E-state index in [0.29, 0.717) is 41.8 Å². The van der Waals surface area contributed by atoms with Crippen LogP contribution in [0, 0.1) is 5.92 Å². The number of carbonyl (C=O) groups excluding carboxylic acids is 2. The van der Waals surface area contributed by atoms with E-state index in [-0.39, 0.29) is 18.1 Å². The van der Waals surface area contributed by atoms with E-state index in [1.165, 1.54) is 16.9 Å². The molecular formula is C31H32N2O4S. The summed E-state index contributed by atoms with van der Waals surface area (Å²) in [5.41, 5.74) is 3.52. The van der Waals surface area contributed by atoms with Crippen molar-refractivity contribution in [2.45, 2.75) is 33.6 Å². The lowest BCUT2D eigenvalue weighted by atomic mass is 9.96. The third-order valence-electron chi connectivity index (χ3n) is 5.97. The maximum atomic E-state index is 13.1. The zero-order valence-electron chi connectivity index (χ0n) is 21.9. The van der Waals surface area contributed by atoms with Gasteiger partial charge in [-0.1, -0.05) is 67.6 Å². The van der Waals surface area contributed by atoms with Crippen molar-refractivity contribution in [1.29, 1.82) is 0 Å². The summed E-state index contributed by atoms with van der Waals surface area (Å²) in [5.74, 6) is 0.235. The first kappa shape index (κ1) is 27.1. The summed E-state index contributed by atoms with van der Waals surface area (Å²) in [7, 11) is 0. The number of ketones is 1. The van der Waals surface area contributed by atoms with E-state index < -0.39 is 5.92 Å². The second-order valence-corrected chi connectivity index (χ2v) is 9.95. The average molecular weight is 529 g/mol. The van der Waals surface area contributed by atoms with Crippen molar-refractivity contribution in [3.05, 3.63) is 94.9 Å². The molecule has 4 aromatic rings. The Balaban J connectivity index is 1.47. The number of aromatic nitrogens is 1. The highest BCUT2D eigenvalue weighted by atomic mass is 32.1. The molecule has 7 heteroatoms. The molecule has 6 nitrogen and oxygen atoms in total. The lowest BCUT2D eigenvalue weighted by molar-refractivity contribution is -0.116. The maximum Gasteiger partial charge on any atom is 0.226 e. The first-order chi connectivity index (χ1) is 18.5. The zero-order chi connectivity index (χ0) is 26.9. The van der Waals surface area contributed by atoms with Gasteiger partial charge in [-0.15, -0.1) is 11.3 Å². The Kier molecular flexibility index (Phi) is 9.27. The van der Waals surface area contributed by atoms with Gasteiger partial charge < -0.3 is 14.8 Å². The Morgan fingerprint density at radius 2 is 1.55 bits per heavy atom. The Hall–Kier alpha value is -3.97. The molecule has 1 amide bonds. The highest BCUT2D eigenvalue weighted by molar-refractivity contribution is 7.16. The second-order valence-electron chi connectivity index (χ2n) is 8.86. The minimum Gasteiger partial charge on any atom is -0.490 e. The number of anilines is 1. The molecule has 0 aliphatic rings. The molecule has 1 atom stereocenters. The van der Waals surface area contributed by atoms with Crippen LogP contribution >= 0.6 is 11.3 Å². The van der Waals surface area contributed by atoms with Crippen LogP contribution in [0.15, 0.2) is 78.9 Å². The topological polar surface area (TPSA) is 77.5 Å². The third-order valence-corrected chi connectivity index (χ3v) is 6.94. The van der Waals surface area contributed by atoms with Gasteiger partial charge in [-0.3, -0.25) is 9.59 Å². The molecule has 1 aromatic heterocycles. The van der Waals surface area contributed by atoms with Crippen molar-refractivity contribution in [2.75, 3.05) is 18.5 Å². The summed E-state index contributed by atoms with van der Waals surface area (Å²) in [5, 5.41) is 3.45. The van der Waals surface area contributed by atoms with Gasteiger partial charge in [-0.2, -0.15) is 0 Å². The normalized spacial score (nSPS) is 11.6. The molecule has 0 radical (unpaired) electrons. The van der Waals surface area contributed by atoms with E-state index in [9.17, 15) is 9.59 Å². The van der Waals surface area contributed by atoms with Crippen LogP contribution in [0.1, 0.15) is 48.0 Å². The van der Waals surface area contributed by atoms with Gasteiger partial charge in [0.05, 0.1) is 18.9 Å². The Morgan fingerprint density at radius 3 is 2.24 bits per heavy atom. The van der Waals surface area contributed by atoms with Gasteiger partial charge in [0.15, 0.2) is 22.4 Å². The molecule has 4 rings (SSSR count). The van der Waals surface area contributed by atoms with E-state index in [1.54, 1.807) is 25.1 Å². The first-order valence-electron chi connectivity index (χ1n) is 12.8. The van der Waals surface area contributed by atoms with Gasteiger partial charge in [0, 0.05) is 34.8 Å². The van der Waals surface area contributed by atoms with Crippen LogP contribution in [0.5, 0.6) is 11.5 Å². The second kappa shape index (κ2) is 13.0. The van der Waals surface area contributed by atoms with Gasteiger partial charge in [-0.25, -0.2) is 4.98 Å². The number of ether oxygens (including phenoxy) is 2. The zero-order valence-corrected chi connectivity index (χ0v) is 22.7. The number of Topliss-reactive ketones (excluding diaryl/α,β-unsaturated/α-hetero) is 1. The van der Waals surface area contributed by atoms with Crippen LogP contribution in [0.2, 0.25) is 0 Å². The number of benzene rings is 3. The molecule has 1 heterocycles. The van der Waals surface area contributed by atoms with Crippen molar-refractivity contribution in [3.63, 3.8) is 0 Å². The Morgan fingerprint density at radius 1 is 0.895 bits per heavy atom. The summed E-state index contributed by atoms with van der Waals surface area (Å²) in [4.78, 5) is 31.9. The largest absolute Gasteiger partial charge is 0.490 e. The van der Waals surface area contributed by atoms with Crippen LogP contribution in [0.25, 0.3) is 11.3 Å². The minimum atomic E-state index is -0.514. The van der Waals surface area contributed by atoms with Crippen LogP contribution in [-0.2, 0) is 11.2 Å². The summed E-state index contributed by atoms with van der Waals surface area (Å²) in [6.45, 7) is 6.49. The molecule has 0 saturated carbocycles. The quantitative estimate of drug-likeness (QED) is 0.199. The Bertz CT molecular complexity index is 1370. The van der Waals surface area contributed by atoms with Crippen LogP contribution in [0.4, 0.5) is 5.13 Å². The molecule has 196 valence electrons. The number of hydrogen-bond donors (Lipinski definition) is 1. The van der Waals surface area contributed by atoms with Crippen LogP contribution in [0.3, 0.4) is 0 Å². The monoisotopic (exact) mass is 528 g/mol. The molecule has 3 aromatic carbocycles. The molecule has 0 fully saturated rings. The van der Waals surface area contributed by atoms with Crippen molar-refractivity contribution < 1.29 is 19.1 Å². The van der Waals surface area contributed by atoms with E-state index in [2.05, 4.69) is 17.4 Å². The van der Waals surface area contributed by atoms with Crippen molar-refractivity contribution >= 4 is 28.2 Å². The van der Waals surface area contributed by atoms with E-state index in [0.717, 1.165) is 16.1 Å². The van der Waals surface area contributed by atoms with Crippen molar-refractivity contribution in [3.8, 4) is 22.8 Å². The van der Waals surface area contributed by atoms with Crippen molar-refractivity contribution in [2.24, 2.45) is 5.92 Å². The number of rotatable bonds is 12. The standard InChI is InChI=1S/C31H32N2O4S/c1-4-36-25-17-16-24(20-26(25)37-5-2)30(35)21(3)18-28(34)32-31-33-29(23-14-10-7-11-15-23)27(38-31)19-22-12-8-6-9-13-22/h6-17,20-21H,4-5,18-19H2,1-3H3,(H,32,33,34). The van der Waals surface area contributed by atoms with E-state index >= 15 is 0 Å². The number of nitrogens with one attached hydrogen (secondary N) is 1. The van der Waals surface area contributed by atoms with Gasteiger partial charge in [-0.05, 0) is 37.6 Å². The lowest BCUT2D eigenvalue weighted by Gasteiger charge is -2.14. The highest BCUT2D eigenvalue weighted by Gasteiger charge is 2.22. The molecule has 0 bridgehead atoms. The molecule has 0 aliphatic carbocycles. The van der Waals surface area contributed by atoms with Gasteiger partial charge >= 0.3 is 0 Å². The molecule has 1 unspecified atom stereocenters. The number of nitrogens with zero attached hydrogens (tertiary/aromatic N) is 1. The lowest BCUT2D eigenvalue weighted by Crippen LogP contribution is -2.20. The molecule has 38 heavy (non-hydrogen) atoms. The predicted molar refractivity (Wildman–Crippen MR) is 152 cm³/mol. The summed E-state index contributed by atoms with van der Waals surface area (Å²) < 4.78 is 11.2. The number of thiazole rings is 1. The van der Waals surface area contributed by atoms with Gasteiger partial charge in [0.1, 0.15) is 0 Å². The molecule has 0 saturated heterocycles. The van der Waals surface area contributed by atoms with Gasteiger partial charge in [0.25, 0.3) is 0 Å². The molecule has 0 aliphatic heterocycles. The number of carbonyl (C=O) groups is 2. The fourth-order valence-electron chi connectivity index (χ4n) is 4.16. The summed E-state index contributed by atoms with van der Waals surface area (Å²) >= 11 is 1.46. The average Bonchev–Trinajstić information content (AvgIpc) is 3.32. The number of hydrogen-bond acceptors (Lipinski definition) is 6. The van der Waals surface area contributed by atoms with Crippen LogP contribution in [-0.4, -0.2) is 29.9 Å². The fourth-order valence-corrected chi connectivity index (χ4v) is 5.19.